The van der Waals surface area contributed by atoms with Crippen LogP contribution >= 0.6 is 0 Å². The number of likely N-dealkylation sites (tertiary alicyclic amines) is 1. The summed E-state index contributed by atoms with van der Waals surface area (Å²) in [6.45, 7) is 3.09. The van der Waals surface area contributed by atoms with Crippen molar-refractivity contribution >= 4 is 5.91 Å². The summed E-state index contributed by atoms with van der Waals surface area (Å²) in [5.74, 6) is 1.56. The fourth-order valence-corrected chi connectivity index (χ4v) is 3.28. The minimum Gasteiger partial charge on any atom is -0.460 e. The maximum atomic E-state index is 12.7. The Kier molecular flexibility index (Phi) is 4.16. The Labute approximate surface area is 149 Å². The first kappa shape index (κ1) is 16.3. The molecule has 0 aliphatic carbocycles. The molecule has 1 fully saturated rings. The standard InChI is InChI=1S/C18H19N5O3/c1-11-2-3-16(26-11)14-8-15(22-21-14)18(25)23-6-4-12(5-7-23)13-9-17(24)20-10-19-13/h2-3,8-10,12H,4-7H2,1H3,(H,21,22)(H,19,20,24). The van der Waals surface area contributed by atoms with Gasteiger partial charge in [0, 0.05) is 31.1 Å². The van der Waals surface area contributed by atoms with Gasteiger partial charge in [-0.05, 0) is 31.9 Å². The molecule has 0 unspecified atom stereocenters. The topological polar surface area (TPSA) is 108 Å². The lowest BCUT2D eigenvalue weighted by Gasteiger charge is -2.31. The van der Waals surface area contributed by atoms with E-state index in [1.807, 2.05) is 19.1 Å². The monoisotopic (exact) mass is 353 g/mol. The van der Waals surface area contributed by atoms with E-state index in [1.165, 1.54) is 12.4 Å². The number of furan rings is 1. The van der Waals surface area contributed by atoms with E-state index >= 15 is 0 Å². The minimum atomic E-state index is -0.147. The molecule has 1 amide bonds. The number of hydrogen-bond acceptors (Lipinski definition) is 5. The summed E-state index contributed by atoms with van der Waals surface area (Å²) in [6, 6.07) is 6.96. The summed E-state index contributed by atoms with van der Waals surface area (Å²) >= 11 is 0. The first-order valence-electron chi connectivity index (χ1n) is 8.56. The van der Waals surface area contributed by atoms with Gasteiger partial charge in [-0.1, -0.05) is 0 Å². The average molecular weight is 353 g/mol. The molecule has 4 rings (SSSR count). The summed E-state index contributed by atoms with van der Waals surface area (Å²) in [5.41, 5.74) is 1.70. The van der Waals surface area contributed by atoms with Crippen molar-refractivity contribution in [2.24, 2.45) is 0 Å². The lowest BCUT2D eigenvalue weighted by atomic mass is 9.93. The van der Waals surface area contributed by atoms with E-state index < -0.39 is 0 Å². The second-order valence-corrected chi connectivity index (χ2v) is 6.48. The molecule has 0 spiro atoms. The first-order chi connectivity index (χ1) is 12.6. The van der Waals surface area contributed by atoms with E-state index in [9.17, 15) is 9.59 Å². The number of H-pyrrole nitrogens is 2. The summed E-state index contributed by atoms with van der Waals surface area (Å²) in [7, 11) is 0. The van der Waals surface area contributed by atoms with Crippen LogP contribution < -0.4 is 5.56 Å². The predicted molar refractivity (Wildman–Crippen MR) is 93.8 cm³/mol. The Bertz CT molecular complexity index is 978. The largest absolute Gasteiger partial charge is 0.460 e. The molecule has 0 atom stereocenters. The van der Waals surface area contributed by atoms with Crippen molar-refractivity contribution in [2.75, 3.05) is 13.1 Å². The molecule has 8 nitrogen and oxygen atoms in total. The molecular formula is C18H19N5O3. The van der Waals surface area contributed by atoms with Gasteiger partial charge in [0.25, 0.3) is 11.5 Å². The Morgan fingerprint density at radius 2 is 2.08 bits per heavy atom. The number of aromatic nitrogens is 4. The van der Waals surface area contributed by atoms with Crippen LogP contribution in [0.2, 0.25) is 0 Å². The summed E-state index contributed by atoms with van der Waals surface area (Å²) in [6.07, 6.45) is 2.98. The van der Waals surface area contributed by atoms with E-state index in [4.69, 9.17) is 4.42 Å². The van der Waals surface area contributed by atoms with Crippen molar-refractivity contribution in [1.82, 2.24) is 25.1 Å². The molecule has 0 radical (unpaired) electrons. The number of amides is 1. The van der Waals surface area contributed by atoms with Crippen molar-refractivity contribution in [1.29, 1.82) is 0 Å². The summed E-state index contributed by atoms with van der Waals surface area (Å²) in [5, 5.41) is 6.99. The Morgan fingerprint density at radius 1 is 1.27 bits per heavy atom. The van der Waals surface area contributed by atoms with Crippen LogP contribution in [0, 0.1) is 6.92 Å². The van der Waals surface area contributed by atoms with Crippen molar-refractivity contribution in [3.63, 3.8) is 0 Å². The van der Waals surface area contributed by atoms with Crippen LogP contribution in [0.25, 0.3) is 11.5 Å². The lowest BCUT2D eigenvalue weighted by Crippen LogP contribution is -2.38. The maximum Gasteiger partial charge on any atom is 0.274 e. The third-order valence-corrected chi connectivity index (χ3v) is 4.70. The van der Waals surface area contributed by atoms with Crippen molar-refractivity contribution in [3.05, 3.63) is 58.1 Å². The van der Waals surface area contributed by atoms with Crippen molar-refractivity contribution < 1.29 is 9.21 Å². The van der Waals surface area contributed by atoms with Crippen molar-refractivity contribution in [2.45, 2.75) is 25.7 Å². The number of aromatic amines is 2. The quantitative estimate of drug-likeness (QED) is 0.749. The number of piperidine rings is 1. The molecule has 26 heavy (non-hydrogen) atoms. The van der Waals surface area contributed by atoms with E-state index in [1.54, 1.807) is 11.0 Å². The fraction of sp³-hybridized carbons (Fsp3) is 0.333. The normalized spacial score (nSPS) is 15.3. The van der Waals surface area contributed by atoms with Gasteiger partial charge in [0.2, 0.25) is 0 Å². The number of aryl methyl sites for hydroxylation is 1. The molecule has 0 bridgehead atoms. The van der Waals surface area contributed by atoms with Gasteiger partial charge in [-0.25, -0.2) is 4.98 Å². The average Bonchev–Trinajstić information content (AvgIpc) is 3.30. The Balaban J connectivity index is 1.42. The van der Waals surface area contributed by atoms with Gasteiger partial charge in [-0.15, -0.1) is 0 Å². The molecule has 3 aromatic rings. The number of carbonyl (C=O) groups is 1. The molecule has 4 heterocycles. The predicted octanol–water partition coefficient (Wildman–Crippen LogP) is 2.08. The van der Waals surface area contributed by atoms with E-state index in [-0.39, 0.29) is 17.4 Å². The zero-order valence-electron chi connectivity index (χ0n) is 14.4. The highest BCUT2D eigenvalue weighted by Crippen LogP contribution is 2.27. The van der Waals surface area contributed by atoms with Crippen molar-refractivity contribution in [3.8, 4) is 11.5 Å². The molecule has 3 aromatic heterocycles. The second-order valence-electron chi connectivity index (χ2n) is 6.48. The number of rotatable bonds is 3. The molecule has 2 N–H and O–H groups in total. The van der Waals surface area contributed by atoms with E-state index in [2.05, 4.69) is 20.2 Å². The second kappa shape index (κ2) is 6.62. The van der Waals surface area contributed by atoms with Gasteiger partial charge in [-0.3, -0.25) is 14.7 Å². The fourth-order valence-electron chi connectivity index (χ4n) is 3.28. The van der Waals surface area contributed by atoms with Crippen LogP contribution in [-0.2, 0) is 0 Å². The third-order valence-electron chi connectivity index (χ3n) is 4.70. The van der Waals surface area contributed by atoms with Crippen LogP contribution in [-0.4, -0.2) is 44.1 Å². The molecular weight excluding hydrogens is 334 g/mol. The van der Waals surface area contributed by atoms with Gasteiger partial charge < -0.3 is 14.3 Å². The smallest absolute Gasteiger partial charge is 0.274 e. The van der Waals surface area contributed by atoms with Crippen LogP contribution in [0.1, 0.15) is 40.7 Å². The molecule has 1 saturated heterocycles. The van der Waals surface area contributed by atoms with Gasteiger partial charge in [-0.2, -0.15) is 5.10 Å². The number of hydrogen-bond donors (Lipinski definition) is 2. The van der Waals surface area contributed by atoms with E-state index in [0.29, 0.717) is 30.2 Å². The first-order valence-corrected chi connectivity index (χ1v) is 8.56. The SMILES string of the molecule is Cc1ccc(-c2cc(C(=O)N3CCC(c4cc(=O)[nH]cn4)CC3)n[nH]2)o1. The Hall–Kier alpha value is -3.16. The molecule has 134 valence electrons. The van der Waals surface area contributed by atoms with Crippen LogP contribution in [0.15, 0.2) is 39.8 Å². The lowest BCUT2D eigenvalue weighted by molar-refractivity contribution is 0.0706. The van der Waals surface area contributed by atoms with Gasteiger partial charge in [0.1, 0.15) is 11.5 Å². The molecule has 0 saturated carbocycles. The summed E-state index contributed by atoms with van der Waals surface area (Å²) < 4.78 is 5.55. The summed E-state index contributed by atoms with van der Waals surface area (Å²) in [4.78, 5) is 32.7. The molecule has 0 aromatic carbocycles. The van der Waals surface area contributed by atoms with Gasteiger partial charge in [0.05, 0.1) is 12.0 Å². The van der Waals surface area contributed by atoms with Crippen LogP contribution in [0.3, 0.4) is 0 Å². The molecule has 1 aliphatic heterocycles. The number of nitrogens with one attached hydrogen (secondary N) is 2. The van der Waals surface area contributed by atoms with E-state index in [0.717, 1.165) is 24.3 Å². The minimum absolute atomic E-state index is 0.104. The van der Waals surface area contributed by atoms with Crippen LogP contribution in [0.4, 0.5) is 0 Å². The zero-order chi connectivity index (χ0) is 18.1. The molecule has 1 aliphatic rings. The maximum absolute atomic E-state index is 12.7. The number of nitrogens with zero attached hydrogens (tertiary/aromatic N) is 3. The van der Waals surface area contributed by atoms with Gasteiger partial charge in [0.15, 0.2) is 11.5 Å². The molecule has 8 heteroatoms. The highest BCUT2D eigenvalue weighted by Gasteiger charge is 2.27. The number of carbonyl (C=O) groups excluding carboxylic acids is 1. The van der Waals surface area contributed by atoms with Crippen LogP contribution in [0.5, 0.6) is 0 Å². The Morgan fingerprint density at radius 3 is 2.77 bits per heavy atom. The zero-order valence-corrected chi connectivity index (χ0v) is 14.4. The highest BCUT2D eigenvalue weighted by atomic mass is 16.3. The third kappa shape index (κ3) is 3.17. The highest BCUT2D eigenvalue weighted by molar-refractivity contribution is 5.93. The van der Waals surface area contributed by atoms with Gasteiger partial charge >= 0.3 is 0 Å².